The molecular weight excluding hydrogens is 1450 g/mol. The van der Waals surface area contributed by atoms with Crippen LogP contribution in [-0.4, -0.2) is 159 Å². The van der Waals surface area contributed by atoms with Gasteiger partial charge in [0.1, 0.15) is 40.5 Å². The zero-order chi connectivity index (χ0) is 79.3. The molecule has 6 aromatic carbocycles. The van der Waals surface area contributed by atoms with Crippen molar-refractivity contribution in [3.63, 3.8) is 0 Å². The quantitative estimate of drug-likeness (QED) is 0.0293. The minimum atomic E-state index is -1.09. The number of Topliss-reactive ketones (excluding diaryl/α,β-unsaturated/α-hetero) is 1. The van der Waals surface area contributed by atoms with E-state index in [-0.39, 0.29) is 71.8 Å². The van der Waals surface area contributed by atoms with Crippen LogP contribution in [0.1, 0.15) is 157 Å². The van der Waals surface area contributed by atoms with Crippen LogP contribution in [0.25, 0.3) is 5.69 Å². The van der Waals surface area contributed by atoms with Gasteiger partial charge in [0.2, 0.25) is 29.6 Å². The van der Waals surface area contributed by atoms with Crippen molar-refractivity contribution in [3.8, 4) is 22.9 Å². The van der Waals surface area contributed by atoms with E-state index in [0.29, 0.717) is 117 Å². The van der Waals surface area contributed by atoms with Crippen LogP contribution in [0.15, 0.2) is 155 Å². The zero-order valence-corrected chi connectivity index (χ0v) is 63.7. The molecule has 0 saturated carbocycles. The summed E-state index contributed by atoms with van der Waals surface area (Å²) in [6.45, 7) is 18.4. The summed E-state index contributed by atoms with van der Waals surface area (Å²) in [5.74, 6) is 0.0609. The number of anilines is 2. The topological polar surface area (TPSA) is 330 Å². The zero-order valence-electron chi connectivity index (χ0n) is 63.0. The first-order valence-electron chi connectivity index (χ1n) is 35.2. The van der Waals surface area contributed by atoms with Crippen LogP contribution in [-0.2, 0) is 52.7 Å². The molecule has 6 aliphatic rings. The van der Waals surface area contributed by atoms with Crippen molar-refractivity contribution in [2.24, 2.45) is 15.5 Å². The first kappa shape index (κ1) is 85.9. The van der Waals surface area contributed by atoms with E-state index in [1.165, 1.54) is 62.4 Å². The van der Waals surface area contributed by atoms with Gasteiger partial charge in [0.25, 0.3) is 23.7 Å². The fraction of sp³-hybridized carbons (Fsp3) is 0.375. The van der Waals surface area contributed by atoms with Gasteiger partial charge >= 0.3 is 11.3 Å². The second-order valence-electron chi connectivity index (χ2n) is 26.5. The van der Waals surface area contributed by atoms with Crippen molar-refractivity contribution in [2.75, 3.05) is 63.6 Å². The summed E-state index contributed by atoms with van der Waals surface area (Å²) in [6.07, 6.45) is 9.95. The third-order valence-electron chi connectivity index (χ3n) is 19.3. The number of alkyl halides is 1. The number of imidazole rings is 1. The van der Waals surface area contributed by atoms with E-state index in [1.54, 1.807) is 90.0 Å². The summed E-state index contributed by atoms with van der Waals surface area (Å²) in [5, 5.41) is 22.8. The third-order valence-corrected chi connectivity index (χ3v) is 19.3. The number of piperidine rings is 3. The van der Waals surface area contributed by atoms with Crippen LogP contribution < -0.4 is 30.6 Å². The molecule has 13 rings (SSSR count). The number of aromatic nitrogens is 2. The van der Waals surface area contributed by atoms with E-state index in [1.807, 2.05) is 74.5 Å². The summed E-state index contributed by atoms with van der Waals surface area (Å²) in [5.41, 5.74) is 6.57. The second kappa shape index (κ2) is 39.1. The molecule has 3 spiro atoms. The molecule has 3 fully saturated rings. The number of aryl methyl sites for hydroxylation is 1. The molecule has 5 N–H and O–H groups in total. The number of rotatable bonds is 19. The number of amides is 5. The number of likely N-dealkylation sites (tertiary alicyclic amines) is 3. The van der Waals surface area contributed by atoms with E-state index in [2.05, 4.69) is 32.4 Å². The van der Waals surface area contributed by atoms with Crippen molar-refractivity contribution in [3.05, 3.63) is 203 Å². The van der Waals surface area contributed by atoms with Gasteiger partial charge in [-0.25, -0.2) is 18.2 Å². The number of nitrogens with zero attached hydrogens (tertiary/aromatic N) is 9. The predicted molar refractivity (Wildman–Crippen MR) is 405 cm³/mol. The van der Waals surface area contributed by atoms with Gasteiger partial charge in [-0.1, -0.05) is 77.0 Å². The summed E-state index contributed by atoms with van der Waals surface area (Å²) >= 11 is 5.00. The molecule has 110 heavy (non-hydrogen) atoms. The number of aliphatic carboxylic acids is 1. The molecule has 1 aromatic heterocycles. The molecule has 3 saturated heterocycles. The second-order valence-corrected chi connectivity index (χ2v) is 27.0. The van der Waals surface area contributed by atoms with E-state index in [0.717, 1.165) is 77.0 Å². The molecule has 6 atom stereocenters. The molecule has 0 aliphatic carbocycles. The van der Waals surface area contributed by atoms with Crippen LogP contribution in [0.4, 0.5) is 24.5 Å². The van der Waals surface area contributed by atoms with Crippen molar-refractivity contribution >= 4 is 82.4 Å². The standard InChI is InChI=1S/C26H27FN4O3.C26H28FN3O5.C23H24FN3O4.C2H5Cl.C2H4O2.CO.H3N/c1-17-15-30(16-28-17)23-10-7-20(13-24(23)33-3)22-14-26(34-29-22)11-4-12-31(25(26)32)18(2)19-5-8-21(27)9-6-19;1-17(32)15-29(16-31)23-10-7-20(13-24(23)34-3)22-14-26(35-28-22)11-4-12-30(25(26)33)18(2)19-5-8-21(27)9-6-19;1-15(16-4-7-18(24)8-5-16)27-11-3-10-23(22(27)29)13-20(26-31-23)17-6-9-19(25-14-28)21(12-17)30-2;1-2-3;1-2(3)4;1-2;/h5-10,13,15-16,18H,4,11-12,14H2,1-3H3;5-10,13,16,18H,4,11-12,14-15H2,1-3H3;4-9,12,14-15H,3,10-11,13H2,1-2H3,(H,25,28);2H2,1H3;1H3,(H,3,4);;1H3. The Morgan fingerprint density at radius 3 is 1.31 bits per heavy atom. The molecule has 584 valence electrons. The number of methoxy groups -OCH3 is 3. The SMILES string of the molecule is CC(=O)O.CCCl.COc1cc(C2=NOC3(CCCN(C(C)c4ccc(F)cc4)C3=O)C2)ccc1-n1cnc(C)c1.COc1cc(C2=NOC3(CCCN(C(C)c4ccc(F)cc4)C3=O)C2)ccc1N(C=O)CC(C)=O.COc1cc(C2=NOC3(CCCN(C(C)c4ccc(F)cc4)C3=O)C2)ccc1NC=O.N.[C-]#[O+]. The number of oxime groups is 3. The van der Waals surface area contributed by atoms with Crippen LogP contribution in [0, 0.1) is 31.0 Å². The normalized spacial score (nSPS) is 19.4. The third kappa shape index (κ3) is 20.1. The van der Waals surface area contributed by atoms with E-state index < -0.39 is 22.8 Å². The van der Waals surface area contributed by atoms with Crippen molar-refractivity contribution in [2.45, 2.75) is 141 Å². The number of hydrogen-bond donors (Lipinski definition) is 3. The fourth-order valence-electron chi connectivity index (χ4n) is 13.7. The number of halogens is 4. The number of hydrogen-bond acceptors (Lipinski definition) is 18. The average Bonchev–Trinajstić information content (AvgIpc) is 1.59. The Morgan fingerprint density at radius 2 is 0.973 bits per heavy atom. The molecular formula is C80H91ClF3N11O15. The Hall–Kier alpha value is -11.4. The average molecular weight is 1540 g/mol. The molecule has 26 nitrogen and oxygen atoms in total. The number of carboxylic acids is 1. The Bertz CT molecular complexity index is 4500. The van der Waals surface area contributed by atoms with Crippen molar-refractivity contribution < 1.29 is 85.2 Å². The maximum absolute atomic E-state index is 13.6. The fourth-order valence-corrected chi connectivity index (χ4v) is 13.7. The summed E-state index contributed by atoms with van der Waals surface area (Å²) in [7, 11) is 4.62. The van der Waals surface area contributed by atoms with E-state index in [4.69, 9.17) is 54.9 Å². The Labute approximate surface area is 641 Å². The molecule has 0 bridgehead atoms. The monoisotopic (exact) mass is 1540 g/mol. The van der Waals surface area contributed by atoms with Gasteiger partial charge in [0, 0.05) is 93.9 Å². The Balaban J connectivity index is 0.000000217. The number of ether oxygens (including phenoxy) is 3. The number of benzene rings is 6. The van der Waals surface area contributed by atoms with Crippen LogP contribution in [0.2, 0.25) is 0 Å². The van der Waals surface area contributed by atoms with Gasteiger partial charge in [0.05, 0.1) is 92.2 Å². The van der Waals surface area contributed by atoms with Gasteiger partial charge in [-0.3, -0.25) is 33.6 Å². The molecule has 6 aliphatic heterocycles. The van der Waals surface area contributed by atoms with Crippen LogP contribution in [0.3, 0.4) is 0 Å². The number of nitrogens with one attached hydrogen (secondary N) is 1. The molecule has 0 radical (unpaired) electrons. The van der Waals surface area contributed by atoms with Crippen LogP contribution >= 0.6 is 11.6 Å². The molecule has 7 heterocycles. The van der Waals surface area contributed by atoms with Gasteiger partial charge in [-0.15, -0.1) is 11.6 Å². The molecule has 30 heteroatoms. The minimum absolute atomic E-state index is 0. The Kier molecular flexibility index (Phi) is 30.5. The molecule has 7 aromatic rings. The first-order chi connectivity index (χ1) is 52.3. The summed E-state index contributed by atoms with van der Waals surface area (Å²) in [6, 6.07) is 34.3. The van der Waals surface area contributed by atoms with Gasteiger partial charge < -0.3 is 69.5 Å². The molecule has 6 unspecified atom stereocenters. The number of carbonyl (C=O) groups is 7. The first-order valence-corrected chi connectivity index (χ1v) is 35.7. The van der Waals surface area contributed by atoms with Crippen molar-refractivity contribution in [1.82, 2.24) is 30.4 Å². The number of ketones is 1. The summed E-state index contributed by atoms with van der Waals surface area (Å²) < 4.78 is 65.8. The van der Waals surface area contributed by atoms with E-state index >= 15 is 0 Å². The maximum atomic E-state index is 13.6. The van der Waals surface area contributed by atoms with Gasteiger partial charge in [-0.05, 0) is 143 Å². The van der Waals surface area contributed by atoms with Crippen molar-refractivity contribution in [1.29, 1.82) is 0 Å². The number of carboxylic acid groups (broad SMARTS) is 1. The predicted octanol–water partition coefficient (Wildman–Crippen LogP) is 13.3. The van der Waals surface area contributed by atoms with Gasteiger partial charge in [0.15, 0.2) is 0 Å². The van der Waals surface area contributed by atoms with E-state index in [9.17, 15) is 41.9 Å². The summed E-state index contributed by atoms with van der Waals surface area (Å²) in [4.78, 5) is 112. The molecule has 5 amide bonds. The Morgan fingerprint density at radius 1 is 0.618 bits per heavy atom. The van der Waals surface area contributed by atoms with Crippen LogP contribution in [0.5, 0.6) is 17.2 Å². The van der Waals surface area contributed by atoms with Gasteiger partial charge in [-0.2, -0.15) is 0 Å². The number of carbonyl (C=O) groups excluding carboxylic acids is 6.